The second-order valence-corrected chi connectivity index (χ2v) is 3.65. The molecule has 2 aromatic heterocycles. The molecule has 96 valence electrons. The molecule has 2 aromatic rings. The van der Waals surface area contributed by atoms with Gasteiger partial charge >= 0.3 is 0 Å². The molecular formula is C13H12N4O2. The van der Waals surface area contributed by atoms with E-state index in [1.165, 1.54) is 12.4 Å². The molecule has 0 atom stereocenters. The van der Waals surface area contributed by atoms with Crippen molar-refractivity contribution in [1.82, 2.24) is 15.2 Å². The molecular weight excluding hydrogens is 244 g/mol. The molecule has 0 aromatic carbocycles. The summed E-state index contributed by atoms with van der Waals surface area (Å²) in [5.74, 6) is 5.81. The van der Waals surface area contributed by atoms with Gasteiger partial charge in [-0.3, -0.25) is 9.89 Å². The van der Waals surface area contributed by atoms with Crippen molar-refractivity contribution in [3.8, 4) is 11.8 Å². The second-order valence-electron chi connectivity index (χ2n) is 3.65. The summed E-state index contributed by atoms with van der Waals surface area (Å²) < 4.78 is 0. The van der Waals surface area contributed by atoms with Gasteiger partial charge in [-0.05, 0) is 12.1 Å². The van der Waals surface area contributed by atoms with Gasteiger partial charge < -0.3 is 10.4 Å². The van der Waals surface area contributed by atoms with Crippen LogP contribution in [0.1, 0.15) is 22.3 Å². The molecule has 2 heterocycles. The molecule has 2 rings (SSSR count). The van der Waals surface area contributed by atoms with E-state index in [1.807, 2.05) is 0 Å². The third kappa shape index (κ3) is 3.66. The predicted octanol–water partition coefficient (Wildman–Crippen LogP) is 0.791. The molecule has 0 spiro atoms. The van der Waals surface area contributed by atoms with E-state index in [1.54, 1.807) is 18.3 Å². The number of H-pyrrole nitrogens is 1. The highest BCUT2D eigenvalue weighted by atomic mass is 16.2. The van der Waals surface area contributed by atoms with Crippen molar-refractivity contribution < 1.29 is 9.90 Å². The zero-order valence-electron chi connectivity index (χ0n) is 10.1. The lowest BCUT2D eigenvalue weighted by Crippen LogP contribution is -2.12. The highest BCUT2D eigenvalue weighted by Crippen LogP contribution is 2.07. The number of aromatic nitrogens is 3. The van der Waals surface area contributed by atoms with Crippen molar-refractivity contribution in [2.75, 3.05) is 11.9 Å². The van der Waals surface area contributed by atoms with Gasteiger partial charge in [-0.25, -0.2) is 4.98 Å². The first-order valence-corrected chi connectivity index (χ1v) is 5.65. The molecule has 0 saturated carbocycles. The van der Waals surface area contributed by atoms with Crippen molar-refractivity contribution in [1.29, 1.82) is 0 Å². The summed E-state index contributed by atoms with van der Waals surface area (Å²) in [6, 6.07) is 3.40. The molecule has 6 nitrogen and oxygen atoms in total. The Bertz CT molecular complexity index is 611. The van der Waals surface area contributed by atoms with Crippen LogP contribution in [-0.2, 0) is 0 Å². The summed E-state index contributed by atoms with van der Waals surface area (Å²) >= 11 is 0. The first-order chi connectivity index (χ1) is 9.29. The summed E-state index contributed by atoms with van der Waals surface area (Å²) in [7, 11) is 0. The molecule has 0 saturated heterocycles. The zero-order valence-corrected chi connectivity index (χ0v) is 10.1. The van der Waals surface area contributed by atoms with Crippen LogP contribution in [0.25, 0.3) is 0 Å². The van der Waals surface area contributed by atoms with Crippen molar-refractivity contribution in [2.45, 2.75) is 6.42 Å². The zero-order chi connectivity index (χ0) is 13.5. The normalized spacial score (nSPS) is 9.53. The van der Waals surface area contributed by atoms with Crippen molar-refractivity contribution in [3.63, 3.8) is 0 Å². The summed E-state index contributed by atoms with van der Waals surface area (Å²) in [5.41, 5.74) is 1.16. The van der Waals surface area contributed by atoms with Gasteiger partial charge in [0.15, 0.2) is 0 Å². The Balaban J connectivity index is 2.07. The van der Waals surface area contributed by atoms with Gasteiger partial charge in [0.2, 0.25) is 0 Å². The number of aliphatic hydroxyl groups is 1. The third-order valence-corrected chi connectivity index (χ3v) is 2.23. The Hall–Kier alpha value is -2.65. The maximum atomic E-state index is 11.8. The highest BCUT2D eigenvalue weighted by Gasteiger charge is 2.07. The standard InChI is InChI=1S/C13H12N4O2/c18-6-2-1-3-10-4-5-14-12(7-10)17-13(19)11-8-15-16-9-11/h4-5,7-9,18H,2,6H2,(H,15,16)(H,14,17,19). The maximum absolute atomic E-state index is 11.8. The van der Waals surface area contributed by atoms with Gasteiger partial charge in [0, 0.05) is 24.4 Å². The summed E-state index contributed by atoms with van der Waals surface area (Å²) in [6.45, 7) is 0.0299. The van der Waals surface area contributed by atoms with Crippen molar-refractivity contribution in [2.24, 2.45) is 0 Å². The van der Waals surface area contributed by atoms with E-state index in [4.69, 9.17) is 5.11 Å². The summed E-state index contributed by atoms with van der Waals surface area (Å²) in [4.78, 5) is 15.8. The number of aliphatic hydroxyl groups excluding tert-OH is 1. The Morgan fingerprint density at radius 3 is 3.16 bits per heavy atom. The molecule has 3 N–H and O–H groups in total. The van der Waals surface area contributed by atoms with Crippen LogP contribution >= 0.6 is 0 Å². The van der Waals surface area contributed by atoms with E-state index in [-0.39, 0.29) is 12.5 Å². The minimum absolute atomic E-state index is 0.0299. The Kier molecular flexibility index (Phi) is 4.26. The highest BCUT2D eigenvalue weighted by molar-refractivity contribution is 6.03. The lowest BCUT2D eigenvalue weighted by atomic mass is 10.2. The molecule has 6 heteroatoms. The fourth-order valence-corrected chi connectivity index (χ4v) is 1.36. The van der Waals surface area contributed by atoms with Gasteiger partial charge in [0.1, 0.15) is 5.82 Å². The van der Waals surface area contributed by atoms with Crippen molar-refractivity contribution in [3.05, 3.63) is 41.9 Å². The number of nitrogens with zero attached hydrogens (tertiary/aromatic N) is 2. The fraction of sp³-hybridized carbons (Fsp3) is 0.154. The number of rotatable bonds is 3. The van der Waals surface area contributed by atoms with E-state index in [9.17, 15) is 4.79 Å². The summed E-state index contributed by atoms with van der Waals surface area (Å²) in [6.07, 6.45) is 4.91. The molecule has 1 amide bonds. The predicted molar refractivity (Wildman–Crippen MR) is 69.4 cm³/mol. The Morgan fingerprint density at radius 1 is 1.53 bits per heavy atom. The summed E-state index contributed by atoms with van der Waals surface area (Å²) in [5, 5.41) is 17.6. The number of aromatic amines is 1. The molecule has 0 aliphatic rings. The molecule has 0 aliphatic heterocycles. The third-order valence-electron chi connectivity index (χ3n) is 2.23. The van der Waals surface area contributed by atoms with E-state index in [0.717, 1.165) is 5.56 Å². The smallest absolute Gasteiger partial charge is 0.259 e. The largest absolute Gasteiger partial charge is 0.395 e. The number of pyridine rings is 1. The van der Waals surface area contributed by atoms with E-state index in [0.29, 0.717) is 17.8 Å². The number of hydrogen-bond acceptors (Lipinski definition) is 4. The topological polar surface area (TPSA) is 90.9 Å². The van der Waals surface area contributed by atoms with Gasteiger partial charge in [-0.2, -0.15) is 5.10 Å². The number of carbonyl (C=O) groups is 1. The lowest BCUT2D eigenvalue weighted by molar-refractivity contribution is 0.102. The number of anilines is 1. The molecule has 0 radical (unpaired) electrons. The first kappa shape index (κ1) is 12.8. The number of amides is 1. The molecule has 19 heavy (non-hydrogen) atoms. The average Bonchev–Trinajstić information content (AvgIpc) is 2.93. The number of nitrogens with one attached hydrogen (secondary N) is 2. The van der Waals surface area contributed by atoms with E-state index < -0.39 is 0 Å². The monoisotopic (exact) mass is 256 g/mol. The van der Waals surface area contributed by atoms with Crippen LogP contribution < -0.4 is 5.32 Å². The van der Waals surface area contributed by atoms with Crippen LogP contribution in [0.5, 0.6) is 0 Å². The Morgan fingerprint density at radius 2 is 2.42 bits per heavy atom. The molecule has 0 fully saturated rings. The van der Waals surface area contributed by atoms with Gasteiger partial charge in [0.25, 0.3) is 5.91 Å². The lowest BCUT2D eigenvalue weighted by Gasteiger charge is -2.02. The molecule has 0 unspecified atom stereocenters. The van der Waals surface area contributed by atoms with Gasteiger partial charge in [0.05, 0.1) is 18.4 Å². The SMILES string of the molecule is O=C(Nc1cc(C#CCCO)ccn1)c1cn[nH]c1. The van der Waals surface area contributed by atoms with Crippen LogP contribution in [0.2, 0.25) is 0 Å². The fourth-order valence-electron chi connectivity index (χ4n) is 1.36. The second kappa shape index (κ2) is 6.33. The molecule has 0 bridgehead atoms. The number of hydrogen-bond donors (Lipinski definition) is 3. The van der Waals surface area contributed by atoms with Crippen LogP contribution in [0, 0.1) is 11.8 Å². The quantitative estimate of drug-likeness (QED) is 0.708. The van der Waals surface area contributed by atoms with Gasteiger partial charge in [-0.1, -0.05) is 11.8 Å². The molecule has 0 aliphatic carbocycles. The maximum Gasteiger partial charge on any atom is 0.259 e. The van der Waals surface area contributed by atoms with E-state index >= 15 is 0 Å². The minimum atomic E-state index is -0.290. The van der Waals surface area contributed by atoms with Crippen LogP contribution in [0.4, 0.5) is 5.82 Å². The average molecular weight is 256 g/mol. The first-order valence-electron chi connectivity index (χ1n) is 5.65. The van der Waals surface area contributed by atoms with Crippen LogP contribution in [-0.4, -0.2) is 32.8 Å². The Labute approximate surface area is 109 Å². The number of carbonyl (C=O) groups excluding carboxylic acids is 1. The van der Waals surface area contributed by atoms with E-state index in [2.05, 4.69) is 32.3 Å². The van der Waals surface area contributed by atoms with Crippen LogP contribution in [0.15, 0.2) is 30.7 Å². The minimum Gasteiger partial charge on any atom is -0.395 e. The van der Waals surface area contributed by atoms with Crippen molar-refractivity contribution >= 4 is 11.7 Å². The van der Waals surface area contributed by atoms with Gasteiger partial charge in [-0.15, -0.1) is 0 Å². The van der Waals surface area contributed by atoms with Crippen LogP contribution in [0.3, 0.4) is 0 Å².